The molecule has 0 aromatic heterocycles. The second-order valence-electron chi connectivity index (χ2n) is 24.8. The molecule has 4 rings (SSSR count). The van der Waals surface area contributed by atoms with Crippen molar-refractivity contribution in [3.8, 4) is 0 Å². The molecule has 3 aliphatic heterocycles. The van der Waals surface area contributed by atoms with Crippen LogP contribution < -0.4 is 64.2 Å². The highest BCUT2D eigenvalue weighted by atomic mass is 32.2. The summed E-state index contributed by atoms with van der Waals surface area (Å²) in [6, 6.07) is -12.3. The lowest BCUT2D eigenvalue weighted by Gasteiger charge is -2.32. The maximum atomic E-state index is 14.8. The summed E-state index contributed by atoms with van der Waals surface area (Å²) in [5, 5.41) is 76.0. The molecular weight excluding hydrogens is 1330 g/mol. The molecular formula is C61H89N13O22S2. The number of hydrogen-bond donors (Lipinski definition) is 17. The Balaban J connectivity index is 2.00. The standard InChI is InChI=1S/C61H89N13O22S2/c1-29(2)20-38-55(90)66-35(11-15-44(62)76)53(88)72-41-27-97-25-32-8-6-9-33(22-32)26-98-28-42(58(93)70-40(21-30(3)4)61(96)74-19-7-10-43(74)59(94)69-38)71-51(86)34(12-16-46(78)79)64-45(77)24-63-60(95)50(31(5)75)73-54(89)37(14-18-48(82)83)65-52(87)36(13-17-47(80)81)67-56(91)39(23-49(84)85)68-57(41)92/h6,8-9,22,29-31,34-43,50,75H,7,10-21,23-28H2,1-5H3,(H2,62,76)(H,63,95)(H,64,77)(H,65,87)(H,66,90)(H,67,91)(H,68,92)(H,69,94)(H,70,93)(H,71,86)(H,72,88)(H,73,89)(H,78,79)(H,80,81)(H,82,83)(H,84,85)/t31-,34+,35+,36+,37+,38+,39+,40+,41+,42+,43+,50+/m1/s1. The molecule has 37 heteroatoms. The van der Waals surface area contributed by atoms with Crippen LogP contribution in [0.2, 0.25) is 0 Å². The quantitative estimate of drug-likeness (QED) is 0.0627. The molecule has 35 nitrogen and oxygen atoms in total. The third-order valence-corrected chi connectivity index (χ3v) is 17.7. The topological polar surface area (TPSA) is 553 Å². The van der Waals surface area contributed by atoms with E-state index in [0.29, 0.717) is 11.1 Å². The van der Waals surface area contributed by atoms with Crippen LogP contribution in [0.5, 0.6) is 0 Å². The minimum atomic E-state index is -2.17. The molecule has 0 unspecified atom stereocenters. The lowest BCUT2D eigenvalue weighted by molar-refractivity contribution is -0.143. The van der Waals surface area contributed by atoms with Gasteiger partial charge in [-0.1, -0.05) is 52.0 Å². The van der Waals surface area contributed by atoms with Crippen LogP contribution in [-0.2, 0) is 93.0 Å². The van der Waals surface area contributed by atoms with Gasteiger partial charge in [-0.2, -0.15) is 23.5 Å². The van der Waals surface area contributed by atoms with E-state index in [0.717, 1.165) is 30.4 Å². The van der Waals surface area contributed by atoms with E-state index in [4.69, 9.17) is 5.73 Å². The van der Waals surface area contributed by atoms with E-state index < -0.39 is 243 Å². The largest absolute Gasteiger partial charge is 0.481 e. The van der Waals surface area contributed by atoms with E-state index in [1.54, 1.807) is 52.0 Å². The third kappa shape index (κ3) is 27.8. The molecule has 0 aliphatic carbocycles. The lowest BCUT2D eigenvalue weighted by atomic mass is 10.0. The number of aliphatic hydroxyl groups is 1. The maximum absolute atomic E-state index is 14.8. The Morgan fingerprint density at radius 2 is 0.908 bits per heavy atom. The summed E-state index contributed by atoms with van der Waals surface area (Å²) in [6.45, 7) is 6.92. The monoisotopic (exact) mass is 1420 g/mol. The second-order valence-corrected chi connectivity index (χ2v) is 26.8. The number of primary amides is 1. The van der Waals surface area contributed by atoms with Gasteiger partial charge in [-0.05, 0) is 81.3 Å². The van der Waals surface area contributed by atoms with Crippen LogP contribution in [0.25, 0.3) is 0 Å². The number of carboxylic acid groups (broad SMARTS) is 4. The number of hydrogen-bond acceptors (Lipinski definition) is 20. The van der Waals surface area contributed by atoms with Crippen LogP contribution >= 0.6 is 23.5 Å². The summed E-state index contributed by atoms with van der Waals surface area (Å²) < 4.78 is 0. The molecule has 0 spiro atoms. The number of nitrogens with two attached hydrogens (primary N) is 1. The fraction of sp³-hybridized carbons (Fsp3) is 0.623. The van der Waals surface area contributed by atoms with E-state index in [1.165, 1.54) is 4.90 Å². The Morgan fingerprint density at radius 1 is 0.500 bits per heavy atom. The molecule has 18 N–H and O–H groups in total. The van der Waals surface area contributed by atoms with Crippen LogP contribution in [0.1, 0.15) is 129 Å². The first kappa shape index (κ1) is 81.3. The van der Waals surface area contributed by atoms with E-state index >= 15 is 0 Å². The number of benzene rings is 1. The van der Waals surface area contributed by atoms with Gasteiger partial charge in [0.05, 0.1) is 19.1 Å². The van der Waals surface area contributed by atoms with Gasteiger partial charge in [-0.3, -0.25) is 81.5 Å². The molecule has 1 fully saturated rings. The van der Waals surface area contributed by atoms with E-state index in [2.05, 4.69) is 58.5 Å². The Hall–Kier alpha value is -9.13. The number of nitrogens with zero attached hydrogens (tertiary/aromatic N) is 1. The van der Waals surface area contributed by atoms with Crippen molar-refractivity contribution in [1.29, 1.82) is 0 Å². The molecule has 0 saturated carbocycles. The SMILES string of the molecule is CC(C)C[C@@H]1NC(=O)[C@@H]2CCCN2C(=O)[C@H](CC(C)C)NC(=O)[C@@H]2CSCc3cccc(c3)CSC[C@H](NC(=O)[C@H](CCC(N)=O)NC1=O)C(=O)N[C@@H](CC(=O)O)C(=O)N[C@@H](CCC(=O)O)C(=O)N[C@@H](CCC(=O)O)C(=O)N[C@@H]([C@@H](C)O)C(=O)NCC(=O)N[C@@H](CCC(=O)O)C(=O)N2. The number of carboxylic acids is 4. The molecule has 3 aliphatic rings. The number of nitrogens with one attached hydrogen (secondary N) is 11. The predicted molar refractivity (Wildman–Crippen MR) is 348 cm³/mol. The third-order valence-electron chi connectivity index (χ3n) is 15.5. The molecule has 542 valence electrons. The van der Waals surface area contributed by atoms with Crippen LogP contribution in [0.15, 0.2) is 24.3 Å². The van der Waals surface area contributed by atoms with Gasteiger partial charge in [-0.15, -0.1) is 0 Å². The maximum Gasteiger partial charge on any atom is 0.305 e. The molecule has 4 bridgehead atoms. The van der Waals surface area contributed by atoms with Gasteiger partial charge in [0.1, 0.15) is 66.5 Å². The normalized spacial score (nSPS) is 25.8. The van der Waals surface area contributed by atoms with Crippen molar-refractivity contribution < 1.29 is 107 Å². The Labute approximate surface area is 572 Å². The van der Waals surface area contributed by atoms with E-state index in [-0.39, 0.29) is 61.3 Å². The first-order valence-electron chi connectivity index (χ1n) is 31.8. The first-order valence-corrected chi connectivity index (χ1v) is 34.1. The molecule has 1 aromatic carbocycles. The van der Waals surface area contributed by atoms with E-state index in [9.17, 15) is 107 Å². The number of fused-ring (bicyclic) bond motifs is 7. The highest BCUT2D eigenvalue weighted by Crippen LogP contribution is 2.24. The summed E-state index contributed by atoms with van der Waals surface area (Å²) in [5.74, 6) is -21.9. The summed E-state index contributed by atoms with van der Waals surface area (Å²) in [4.78, 5) is 234. The van der Waals surface area contributed by atoms with Crippen molar-refractivity contribution in [2.45, 2.75) is 202 Å². The van der Waals surface area contributed by atoms with Gasteiger partial charge >= 0.3 is 23.9 Å². The lowest BCUT2D eigenvalue weighted by Crippen LogP contribution is -2.61. The number of thioether (sulfide) groups is 2. The Bertz CT molecular complexity index is 3120. The summed E-state index contributed by atoms with van der Waals surface area (Å²) in [6.07, 6.45) is -8.55. The zero-order valence-electron chi connectivity index (χ0n) is 54.8. The van der Waals surface area contributed by atoms with Gasteiger partial charge in [0, 0.05) is 55.2 Å². The Morgan fingerprint density at radius 3 is 1.37 bits per heavy atom. The minimum Gasteiger partial charge on any atom is -0.481 e. The van der Waals surface area contributed by atoms with Gasteiger partial charge in [0.25, 0.3) is 0 Å². The second kappa shape index (κ2) is 39.9. The van der Waals surface area contributed by atoms with Crippen molar-refractivity contribution >= 4 is 124 Å². The van der Waals surface area contributed by atoms with Crippen molar-refractivity contribution in [3.05, 3.63) is 35.4 Å². The van der Waals surface area contributed by atoms with Crippen LogP contribution in [0, 0.1) is 11.8 Å². The molecule has 98 heavy (non-hydrogen) atoms. The number of aliphatic carboxylic acids is 4. The van der Waals surface area contributed by atoms with Gasteiger partial charge in [-0.25, -0.2) is 0 Å². The van der Waals surface area contributed by atoms with Gasteiger partial charge in [0.15, 0.2) is 0 Å². The van der Waals surface area contributed by atoms with Crippen LogP contribution in [0.4, 0.5) is 0 Å². The van der Waals surface area contributed by atoms with Crippen LogP contribution in [-0.4, -0.2) is 228 Å². The number of rotatable bonds is 19. The zero-order chi connectivity index (χ0) is 73.1. The summed E-state index contributed by atoms with van der Waals surface area (Å²) >= 11 is 2.12. The average Bonchev–Trinajstić information content (AvgIpc) is 1.60. The average molecular weight is 1420 g/mol. The molecule has 1 saturated heterocycles. The van der Waals surface area contributed by atoms with Crippen LogP contribution in [0.3, 0.4) is 0 Å². The number of carbonyl (C=O) groups excluding carboxylic acids is 13. The fourth-order valence-electron chi connectivity index (χ4n) is 10.6. The molecule has 0 radical (unpaired) electrons. The van der Waals surface area contributed by atoms with Gasteiger partial charge < -0.3 is 94.7 Å². The molecule has 13 amide bonds. The van der Waals surface area contributed by atoms with Crippen molar-refractivity contribution in [2.24, 2.45) is 17.6 Å². The highest BCUT2D eigenvalue weighted by Gasteiger charge is 2.42. The number of carbonyl (C=O) groups is 17. The first-order chi connectivity index (χ1) is 46.1. The number of amides is 13. The summed E-state index contributed by atoms with van der Waals surface area (Å²) in [7, 11) is 0. The van der Waals surface area contributed by atoms with Crippen molar-refractivity contribution in [2.75, 3.05) is 24.6 Å². The number of aliphatic hydroxyl groups excluding tert-OH is 1. The van der Waals surface area contributed by atoms with Crippen molar-refractivity contribution in [1.82, 2.24) is 63.4 Å². The Kier molecular flexibility index (Phi) is 33.1. The highest BCUT2D eigenvalue weighted by molar-refractivity contribution is 7.98. The van der Waals surface area contributed by atoms with Crippen molar-refractivity contribution in [3.63, 3.8) is 0 Å². The van der Waals surface area contributed by atoms with Gasteiger partial charge in [0.2, 0.25) is 76.8 Å². The van der Waals surface area contributed by atoms with E-state index in [1.807, 2.05) is 0 Å². The zero-order valence-corrected chi connectivity index (χ0v) is 56.5. The molecule has 1 aromatic rings. The fourth-order valence-corrected chi connectivity index (χ4v) is 12.6. The summed E-state index contributed by atoms with van der Waals surface area (Å²) in [5.41, 5.74) is 6.73. The predicted octanol–water partition coefficient (Wildman–Crippen LogP) is -4.06. The smallest absolute Gasteiger partial charge is 0.305 e. The molecule has 3 heterocycles. The minimum absolute atomic E-state index is 0.000879. The molecule has 12 atom stereocenters.